The van der Waals surface area contributed by atoms with Gasteiger partial charge >= 0.3 is 0 Å². The Kier molecular flexibility index (Phi) is 5.93. The van der Waals surface area contributed by atoms with Crippen LogP contribution in [0.25, 0.3) is 0 Å². The fourth-order valence-corrected chi connectivity index (χ4v) is 5.49. The molecule has 2 aromatic rings. The first kappa shape index (κ1) is 19.2. The van der Waals surface area contributed by atoms with Gasteiger partial charge in [-0.15, -0.1) is 11.8 Å². The highest BCUT2D eigenvalue weighted by Gasteiger charge is 2.44. The van der Waals surface area contributed by atoms with Crippen LogP contribution in [0.2, 0.25) is 0 Å². The molecule has 0 fully saturated rings. The Morgan fingerprint density at radius 1 is 1.15 bits per heavy atom. The van der Waals surface area contributed by atoms with Crippen LogP contribution in [0.5, 0.6) is 5.75 Å². The van der Waals surface area contributed by atoms with Gasteiger partial charge in [0.1, 0.15) is 11.6 Å². The molecule has 3 atom stereocenters. The van der Waals surface area contributed by atoms with Crippen molar-refractivity contribution in [3.63, 3.8) is 0 Å². The van der Waals surface area contributed by atoms with Crippen LogP contribution in [0, 0.1) is 11.2 Å². The summed E-state index contributed by atoms with van der Waals surface area (Å²) < 4.78 is 13.5. The third kappa shape index (κ3) is 3.63. The molecule has 0 saturated carbocycles. The molecule has 0 amide bonds. The molecular weight excluding hydrogens is 347 g/mol. The van der Waals surface area contributed by atoms with Gasteiger partial charge in [0.2, 0.25) is 0 Å². The van der Waals surface area contributed by atoms with Crippen LogP contribution in [-0.4, -0.2) is 22.1 Å². The third-order valence-corrected chi connectivity index (χ3v) is 7.15. The van der Waals surface area contributed by atoms with Gasteiger partial charge in [0.25, 0.3) is 0 Å². The lowest BCUT2D eigenvalue weighted by atomic mass is 9.69. The van der Waals surface area contributed by atoms with Gasteiger partial charge in [0, 0.05) is 22.0 Å². The fourth-order valence-electron chi connectivity index (χ4n) is 4.01. The molecule has 3 rings (SSSR count). The molecule has 1 heterocycles. The second kappa shape index (κ2) is 8.01. The van der Waals surface area contributed by atoms with Gasteiger partial charge in [-0.1, -0.05) is 38.8 Å². The number of halogens is 1. The van der Waals surface area contributed by atoms with Gasteiger partial charge in [-0.3, -0.25) is 0 Å². The minimum Gasteiger partial charge on any atom is -0.508 e. The Hall–Kier alpha value is -1.52. The van der Waals surface area contributed by atoms with E-state index >= 15 is 0 Å². The minimum absolute atomic E-state index is 0.196. The normalized spacial score (nSPS) is 25.5. The molecule has 0 radical (unpaired) electrons. The van der Waals surface area contributed by atoms with Crippen LogP contribution in [0.3, 0.4) is 0 Å². The van der Waals surface area contributed by atoms with Gasteiger partial charge < -0.3 is 10.2 Å². The topological polar surface area (TPSA) is 40.5 Å². The fraction of sp³-hybridized carbons (Fsp3) is 0.455. The van der Waals surface area contributed by atoms with Crippen molar-refractivity contribution in [2.45, 2.75) is 56.4 Å². The molecule has 1 aliphatic heterocycles. The maximum atomic E-state index is 13.5. The molecule has 2 N–H and O–H groups in total. The first-order chi connectivity index (χ1) is 12.5. The molecule has 0 unspecified atom stereocenters. The van der Waals surface area contributed by atoms with Crippen LogP contribution >= 0.6 is 11.8 Å². The number of aromatic hydroxyl groups is 1. The van der Waals surface area contributed by atoms with E-state index in [1.54, 1.807) is 36.0 Å². The summed E-state index contributed by atoms with van der Waals surface area (Å²) in [6.45, 7) is 4.32. The zero-order chi connectivity index (χ0) is 18.7. The molecule has 2 aromatic carbocycles. The number of hydrogen-bond acceptors (Lipinski definition) is 3. The van der Waals surface area contributed by atoms with Crippen LogP contribution in [-0.2, 0) is 0 Å². The summed E-state index contributed by atoms with van der Waals surface area (Å²) in [6.07, 6.45) is 3.43. The molecule has 4 heteroatoms. The van der Waals surface area contributed by atoms with Crippen molar-refractivity contribution in [3.8, 4) is 5.75 Å². The van der Waals surface area contributed by atoms with Gasteiger partial charge in [-0.25, -0.2) is 4.39 Å². The van der Waals surface area contributed by atoms with Crippen LogP contribution < -0.4 is 0 Å². The Balaban J connectivity index is 2.13. The van der Waals surface area contributed by atoms with E-state index in [9.17, 15) is 14.6 Å². The molecule has 140 valence electrons. The van der Waals surface area contributed by atoms with E-state index in [1.807, 2.05) is 6.07 Å². The zero-order valence-electron chi connectivity index (χ0n) is 15.4. The Morgan fingerprint density at radius 3 is 2.54 bits per heavy atom. The molecule has 2 nitrogen and oxygen atoms in total. The predicted molar refractivity (Wildman–Crippen MR) is 105 cm³/mol. The number of hydrogen-bond donors (Lipinski definition) is 2. The van der Waals surface area contributed by atoms with Crippen molar-refractivity contribution >= 4 is 11.8 Å². The number of fused-ring (bicyclic) bond motifs is 1. The Morgan fingerprint density at radius 2 is 1.88 bits per heavy atom. The summed E-state index contributed by atoms with van der Waals surface area (Å²) in [6, 6.07) is 11.8. The molecule has 1 aliphatic rings. The van der Waals surface area contributed by atoms with Crippen molar-refractivity contribution in [1.29, 1.82) is 0 Å². The van der Waals surface area contributed by atoms with Gasteiger partial charge in [-0.05, 0) is 54.3 Å². The molecule has 26 heavy (non-hydrogen) atoms. The zero-order valence-corrected chi connectivity index (χ0v) is 16.2. The largest absolute Gasteiger partial charge is 0.508 e. The molecule has 0 saturated heterocycles. The molecule has 0 aliphatic carbocycles. The highest BCUT2D eigenvalue weighted by atomic mass is 32.2. The van der Waals surface area contributed by atoms with E-state index in [-0.39, 0.29) is 22.9 Å². The summed E-state index contributed by atoms with van der Waals surface area (Å²) in [5, 5.41) is 21.6. The first-order valence-electron chi connectivity index (χ1n) is 9.40. The SMILES string of the molecule is CCCC[C@]1(CC)CSc2ccc(O)cc2[C@@H](c2ccc(F)cc2)[C@H]1O. The Labute approximate surface area is 159 Å². The van der Waals surface area contributed by atoms with Crippen LogP contribution in [0.1, 0.15) is 56.6 Å². The molecule has 0 aromatic heterocycles. The van der Waals surface area contributed by atoms with Crippen molar-refractivity contribution in [1.82, 2.24) is 0 Å². The molecular formula is C22H27FO2S. The lowest BCUT2D eigenvalue weighted by molar-refractivity contribution is 0.0182. The summed E-state index contributed by atoms with van der Waals surface area (Å²) in [7, 11) is 0. The van der Waals surface area contributed by atoms with E-state index in [1.165, 1.54) is 12.1 Å². The first-order valence-corrected chi connectivity index (χ1v) is 10.4. The number of phenols is 1. The number of unbranched alkanes of at least 4 members (excludes halogenated alkanes) is 1. The van der Waals surface area contributed by atoms with Crippen molar-refractivity contribution < 1.29 is 14.6 Å². The van der Waals surface area contributed by atoms with Crippen LogP contribution in [0.15, 0.2) is 47.4 Å². The van der Waals surface area contributed by atoms with E-state index in [4.69, 9.17) is 0 Å². The van der Waals surface area contributed by atoms with Crippen molar-refractivity contribution in [2.75, 3.05) is 5.75 Å². The maximum Gasteiger partial charge on any atom is 0.123 e. The number of aliphatic hydroxyl groups is 1. The second-order valence-corrected chi connectivity index (χ2v) is 8.32. The van der Waals surface area contributed by atoms with Crippen molar-refractivity contribution in [3.05, 3.63) is 59.4 Å². The number of rotatable bonds is 5. The monoisotopic (exact) mass is 374 g/mol. The molecule has 0 spiro atoms. The van der Waals surface area contributed by atoms with Gasteiger partial charge in [0.15, 0.2) is 0 Å². The highest BCUT2D eigenvalue weighted by molar-refractivity contribution is 7.99. The predicted octanol–water partition coefficient (Wildman–Crippen LogP) is 5.72. The number of aliphatic hydroxyl groups excluding tert-OH is 1. The minimum atomic E-state index is -0.583. The van der Waals surface area contributed by atoms with E-state index in [0.717, 1.165) is 47.5 Å². The lowest BCUT2D eigenvalue weighted by Crippen LogP contribution is -2.40. The Bertz CT molecular complexity index is 746. The van der Waals surface area contributed by atoms with Gasteiger partial charge in [-0.2, -0.15) is 0 Å². The van der Waals surface area contributed by atoms with Crippen molar-refractivity contribution in [2.24, 2.45) is 5.41 Å². The quantitative estimate of drug-likeness (QED) is 0.703. The standard InChI is InChI=1S/C22H27FO2S/c1-3-5-12-22(4-2)14-26-19-11-10-17(24)13-18(19)20(21(22)25)15-6-8-16(23)9-7-15/h6-11,13,20-21,24-25H,3-5,12,14H2,1-2H3/t20-,21-,22-/m1/s1. The third-order valence-electron chi connectivity index (χ3n) is 5.75. The average molecular weight is 375 g/mol. The summed E-state index contributed by atoms with van der Waals surface area (Å²) in [5.41, 5.74) is 1.62. The smallest absolute Gasteiger partial charge is 0.123 e. The number of benzene rings is 2. The average Bonchev–Trinajstić information content (AvgIpc) is 2.76. The second-order valence-electron chi connectivity index (χ2n) is 7.30. The van der Waals surface area contributed by atoms with E-state index in [2.05, 4.69) is 13.8 Å². The van der Waals surface area contributed by atoms with E-state index < -0.39 is 6.10 Å². The van der Waals surface area contributed by atoms with Crippen LogP contribution in [0.4, 0.5) is 4.39 Å². The summed E-state index contributed by atoms with van der Waals surface area (Å²) in [5.74, 6) is 0.487. The molecule has 0 bridgehead atoms. The lowest BCUT2D eigenvalue weighted by Gasteiger charge is -2.39. The highest BCUT2D eigenvalue weighted by Crippen LogP contribution is 2.51. The van der Waals surface area contributed by atoms with Gasteiger partial charge in [0.05, 0.1) is 6.10 Å². The summed E-state index contributed by atoms with van der Waals surface area (Å²) in [4.78, 5) is 1.09. The number of phenolic OH excluding ortho intramolecular Hbond substituents is 1. The van der Waals surface area contributed by atoms with E-state index in [0.29, 0.717) is 0 Å². The summed E-state index contributed by atoms with van der Waals surface area (Å²) >= 11 is 1.76. The number of thioether (sulfide) groups is 1. The maximum absolute atomic E-state index is 13.5.